The summed E-state index contributed by atoms with van der Waals surface area (Å²) in [6.45, 7) is 9.18. The van der Waals surface area contributed by atoms with Crippen LogP contribution in [0.5, 0.6) is 0 Å². The van der Waals surface area contributed by atoms with Gasteiger partial charge in [-0.15, -0.1) is 0 Å². The summed E-state index contributed by atoms with van der Waals surface area (Å²) in [6.07, 6.45) is -0.332. The fourth-order valence-electron chi connectivity index (χ4n) is 3.86. The number of anilines is 1. The second-order valence-electron chi connectivity index (χ2n) is 8.98. The first kappa shape index (κ1) is 24.8. The van der Waals surface area contributed by atoms with Crippen molar-refractivity contribution in [1.82, 2.24) is 4.98 Å². The van der Waals surface area contributed by atoms with Crippen LogP contribution < -0.4 is 4.90 Å². The molecule has 0 unspecified atom stereocenters. The maximum atomic E-state index is 13.4. The first-order valence-electron chi connectivity index (χ1n) is 11.4. The van der Waals surface area contributed by atoms with Gasteiger partial charge in [-0.1, -0.05) is 11.8 Å². The van der Waals surface area contributed by atoms with E-state index in [-0.39, 0.29) is 37.1 Å². The number of rotatable bonds is 7. The summed E-state index contributed by atoms with van der Waals surface area (Å²) in [5, 5.41) is 0. The Morgan fingerprint density at radius 3 is 2.31 bits per heavy atom. The molecule has 1 aromatic heterocycles. The van der Waals surface area contributed by atoms with Gasteiger partial charge in [-0.3, -0.25) is 0 Å². The van der Waals surface area contributed by atoms with E-state index in [0.717, 1.165) is 31.7 Å². The molecule has 0 radical (unpaired) electrons. The lowest BCUT2D eigenvalue weighted by Crippen LogP contribution is -2.44. The average molecular weight is 455 g/mol. The monoisotopic (exact) mass is 454 g/mol. The van der Waals surface area contributed by atoms with E-state index in [2.05, 4.69) is 16.8 Å². The highest BCUT2D eigenvalue weighted by atomic mass is 19.4. The SMILES string of the molecule is CC(C)OCC#Cc1cc(N2CCC(OC3CC(OC(C)C)C3)CC2)nc(C(F)(F)F)c1. The number of piperidine rings is 1. The molecule has 2 fully saturated rings. The number of halogens is 3. The van der Waals surface area contributed by atoms with E-state index in [4.69, 9.17) is 14.2 Å². The third kappa shape index (κ3) is 7.36. The molecule has 1 saturated heterocycles. The zero-order chi connectivity index (χ0) is 23.3. The summed E-state index contributed by atoms with van der Waals surface area (Å²) in [5.74, 6) is 5.87. The van der Waals surface area contributed by atoms with Crippen molar-refractivity contribution in [2.24, 2.45) is 0 Å². The second-order valence-corrected chi connectivity index (χ2v) is 8.98. The van der Waals surface area contributed by atoms with E-state index in [1.807, 2.05) is 32.6 Å². The van der Waals surface area contributed by atoms with Crippen LogP contribution in [0.4, 0.5) is 19.0 Å². The minimum atomic E-state index is -4.53. The average Bonchev–Trinajstić information content (AvgIpc) is 2.69. The van der Waals surface area contributed by atoms with E-state index in [9.17, 15) is 13.2 Å². The van der Waals surface area contributed by atoms with Crippen molar-refractivity contribution in [2.75, 3.05) is 24.6 Å². The maximum absolute atomic E-state index is 13.4. The first-order chi connectivity index (χ1) is 15.1. The zero-order valence-electron chi connectivity index (χ0n) is 19.2. The predicted molar refractivity (Wildman–Crippen MR) is 117 cm³/mol. The number of pyridine rings is 1. The number of ether oxygens (including phenoxy) is 3. The van der Waals surface area contributed by atoms with E-state index in [0.29, 0.717) is 24.5 Å². The maximum Gasteiger partial charge on any atom is 0.433 e. The Bertz CT molecular complexity index is 803. The second kappa shape index (κ2) is 10.9. The third-order valence-electron chi connectivity index (χ3n) is 5.49. The highest BCUT2D eigenvalue weighted by Crippen LogP contribution is 2.33. The molecule has 3 rings (SSSR count). The smallest absolute Gasteiger partial charge is 0.375 e. The molecule has 1 aliphatic heterocycles. The van der Waals surface area contributed by atoms with Gasteiger partial charge in [0.05, 0.1) is 30.5 Å². The molecule has 178 valence electrons. The molecule has 0 spiro atoms. The molecule has 1 aromatic rings. The molecule has 8 heteroatoms. The summed E-state index contributed by atoms with van der Waals surface area (Å²) in [7, 11) is 0. The molecule has 32 heavy (non-hydrogen) atoms. The van der Waals surface area contributed by atoms with Crippen LogP contribution in [0.25, 0.3) is 0 Å². The van der Waals surface area contributed by atoms with Crippen LogP contribution in [0, 0.1) is 11.8 Å². The number of hydrogen-bond donors (Lipinski definition) is 0. The molecule has 5 nitrogen and oxygen atoms in total. The van der Waals surface area contributed by atoms with Gasteiger partial charge in [-0.25, -0.2) is 4.98 Å². The Hall–Kier alpha value is -1.82. The normalized spacial score (nSPS) is 22.1. The van der Waals surface area contributed by atoms with Crippen molar-refractivity contribution in [2.45, 2.75) is 90.1 Å². The van der Waals surface area contributed by atoms with Crippen molar-refractivity contribution in [3.05, 3.63) is 23.4 Å². The third-order valence-corrected chi connectivity index (χ3v) is 5.49. The molecule has 0 N–H and O–H groups in total. The Morgan fingerprint density at radius 2 is 1.72 bits per heavy atom. The Balaban J connectivity index is 1.58. The van der Waals surface area contributed by atoms with Gasteiger partial charge < -0.3 is 19.1 Å². The van der Waals surface area contributed by atoms with Crippen LogP contribution in [0.1, 0.15) is 64.6 Å². The summed E-state index contributed by atoms with van der Waals surface area (Å²) < 4.78 is 57.4. The van der Waals surface area contributed by atoms with E-state index in [1.54, 1.807) is 6.07 Å². The highest BCUT2D eigenvalue weighted by Gasteiger charge is 2.36. The van der Waals surface area contributed by atoms with Gasteiger partial charge in [0.25, 0.3) is 0 Å². The lowest BCUT2D eigenvalue weighted by molar-refractivity contribution is -0.142. The van der Waals surface area contributed by atoms with E-state index in [1.165, 1.54) is 0 Å². The van der Waals surface area contributed by atoms with Crippen molar-refractivity contribution in [3.63, 3.8) is 0 Å². The number of nitrogens with zero attached hydrogens (tertiary/aromatic N) is 2. The number of aromatic nitrogens is 1. The molecule has 0 aromatic carbocycles. The van der Waals surface area contributed by atoms with Gasteiger partial charge in [0.2, 0.25) is 0 Å². The molecule has 0 atom stereocenters. The van der Waals surface area contributed by atoms with Gasteiger partial charge in [-0.05, 0) is 65.5 Å². The lowest BCUT2D eigenvalue weighted by atomic mass is 9.91. The molecular formula is C24H33F3N2O3. The van der Waals surface area contributed by atoms with Gasteiger partial charge in [-0.2, -0.15) is 13.2 Å². The topological polar surface area (TPSA) is 43.8 Å². The van der Waals surface area contributed by atoms with Crippen molar-refractivity contribution < 1.29 is 27.4 Å². The molecule has 0 bridgehead atoms. The number of alkyl halides is 3. The van der Waals surface area contributed by atoms with Crippen molar-refractivity contribution >= 4 is 5.82 Å². The Labute approximate surface area is 188 Å². The Morgan fingerprint density at radius 1 is 1.03 bits per heavy atom. The quantitative estimate of drug-likeness (QED) is 0.553. The van der Waals surface area contributed by atoms with Gasteiger partial charge in [0.15, 0.2) is 0 Å². The van der Waals surface area contributed by atoms with Crippen LogP contribution in [0.3, 0.4) is 0 Å². The summed E-state index contributed by atoms with van der Waals surface area (Å²) in [4.78, 5) is 5.77. The highest BCUT2D eigenvalue weighted by molar-refractivity contribution is 5.49. The van der Waals surface area contributed by atoms with E-state index < -0.39 is 11.9 Å². The van der Waals surface area contributed by atoms with Crippen LogP contribution in [0.15, 0.2) is 12.1 Å². The molecule has 0 amide bonds. The minimum absolute atomic E-state index is 0.0140. The fourth-order valence-corrected chi connectivity index (χ4v) is 3.86. The minimum Gasteiger partial charge on any atom is -0.375 e. The summed E-state index contributed by atoms with van der Waals surface area (Å²) >= 11 is 0. The predicted octanol–water partition coefficient (Wildman–Crippen LogP) is 4.82. The standard InChI is InChI=1S/C24H33F3N2O3/c1-16(2)30-11-5-6-18-12-22(24(25,26)27)28-23(13-18)29-9-7-19(8-10-29)32-21-14-20(15-21)31-17(3)4/h12-13,16-17,19-21H,7-11,14-15H2,1-4H3. The molecular weight excluding hydrogens is 421 g/mol. The number of hydrogen-bond acceptors (Lipinski definition) is 5. The largest absolute Gasteiger partial charge is 0.433 e. The fraction of sp³-hybridized carbons (Fsp3) is 0.708. The summed E-state index contributed by atoms with van der Waals surface area (Å²) in [5.41, 5.74) is -0.633. The van der Waals surface area contributed by atoms with Crippen LogP contribution in [0.2, 0.25) is 0 Å². The first-order valence-corrected chi connectivity index (χ1v) is 11.4. The summed E-state index contributed by atoms with van der Waals surface area (Å²) in [6, 6.07) is 2.62. The van der Waals surface area contributed by atoms with Crippen molar-refractivity contribution in [3.8, 4) is 11.8 Å². The van der Waals surface area contributed by atoms with Crippen LogP contribution in [-0.2, 0) is 20.4 Å². The zero-order valence-corrected chi connectivity index (χ0v) is 19.2. The van der Waals surface area contributed by atoms with Gasteiger partial charge in [0.1, 0.15) is 18.1 Å². The van der Waals surface area contributed by atoms with Gasteiger partial charge >= 0.3 is 6.18 Å². The Kier molecular flexibility index (Phi) is 8.43. The van der Waals surface area contributed by atoms with Gasteiger partial charge in [0, 0.05) is 18.7 Å². The molecule has 1 saturated carbocycles. The molecule has 1 aliphatic carbocycles. The van der Waals surface area contributed by atoms with Crippen LogP contribution in [-0.4, -0.2) is 55.2 Å². The van der Waals surface area contributed by atoms with E-state index >= 15 is 0 Å². The van der Waals surface area contributed by atoms with Crippen molar-refractivity contribution in [1.29, 1.82) is 0 Å². The molecule has 2 aliphatic rings. The van der Waals surface area contributed by atoms with Crippen LogP contribution >= 0.6 is 0 Å². The lowest BCUT2D eigenvalue weighted by Gasteiger charge is -2.40. The molecule has 2 heterocycles.